The molecular formula is C11H15N5O3S. The van der Waals surface area contributed by atoms with Crippen LogP contribution in [0.1, 0.15) is 12.7 Å². The van der Waals surface area contributed by atoms with E-state index in [1.54, 1.807) is 6.07 Å². The molecule has 108 valence electrons. The van der Waals surface area contributed by atoms with Gasteiger partial charge in [-0.1, -0.05) is 5.16 Å². The summed E-state index contributed by atoms with van der Waals surface area (Å²) in [6, 6.07) is 3.08. The first-order valence-corrected chi connectivity index (χ1v) is 7.55. The molecule has 0 aliphatic heterocycles. The Kier molecular flexibility index (Phi) is 4.64. The van der Waals surface area contributed by atoms with Crippen molar-refractivity contribution in [1.29, 1.82) is 0 Å². The minimum absolute atomic E-state index is 0.120. The van der Waals surface area contributed by atoms with Gasteiger partial charge in [0.15, 0.2) is 5.82 Å². The van der Waals surface area contributed by atoms with E-state index >= 15 is 0 Å². The number of nitrogens with one attached hydrogen (secondary N) is 2. The van der Waals surface area contributed by atoms with E-state index in [1.165, 1.54) is 18.7 Å². The second-order valence-corrected chi connectivity index (χ2v) is 5.61. The Morgan fingerprint density at radius 3 is 2.90 bits per heavy atom. The summed E-state index contributed by atoms with van der Waals surface area (Å²) in [6.45, 7) is 2.64. The maximum absolute atomic E-state index is 12.2. The number of aromatic nitrogens is 3. The zero-order valence-corrected chi connectivity index (χ0v) is 11.7. The standard InChI is InChI=1S/C11H15N5O3S/c1-2-12-11-9(4-3-6-13-11)20(17,18)15-7-5-10-14-8-19-16-10/h3-4,6,8,15H,2,5,7H2,1H3,(H,12,13). The fourth-order valence-corrected chi connectivity index (χ4v) is 2.75. The Labute approximate surface area is 116 Å². The van der Waals surface area contributed by atoms with Gasteiger partial charge in [0.25, 0.3) is 0 Å². The highest BCUT2D eigenvalue weighted by Gasteiger charge is 2.18. The van der Waals surface area contributed by atoms with Gasteiger partial charge in [-0.3, -0.25) is 0 Å². The van der Waals surface area contributed by atoms with Gasteiger partial charge < -0.3 is 9.84 Å². The number of hydrogen-bond acceptors (Lipinski definition) is 7. The van der Waals surface area contributed by atoms with Crippen LogP contribution in [0.4, 0.5) is 5.82 Å². The summed E-state index contributed by atoms with van der Waals surface area (Å²) in [5.41, 5.74) is 0. The van der Waals surface area contributed by atoms with E-state index in [0.29, 0.717) is 24.6 Å². The first-order valence-electron chi connectivity index (χ1n) is 6.07. The van der Waals surface area contributed by atoms with Crippen molar-refractivity contribution in [2.75, 3.05) is 18.4 Å². The molecule has 2 aromatic rings. The zero-order valence-electron chi connectivity index (χ0n) is 10.9. The first kappa shape index (κ1) is 14.4. The second kappa shape index (κ2) is 6.44. The lowest BCUT2D eigenvalue weighted by molar-refractivity contribution is 0.410. The Morgan fingerprint density at radius 2 is 2.20 bits per heavy atom. The van der Waals surface area contributed by atoms with Crippen LogP contribution in [-0.2, 0) is 16.4 Å². The highest BCUT2D eigenvalue weighted by Crippen LogP contribution is 2.17. The number of rotatable bonds is 7. The molecule has 2 N–H and O–H groups in total. The van der Waals surface area contributed by atoms with Crippen LogP contribution in [-0.4, -0.2) is 36.6 Å². The molecule has 0 unspecified atom stereocenters. The van der Waals surface area contributed by atoms with Gasteiger partial charge in [-0.05, 0) is 19.1 Å². The lowest BCUT2D eigenvalue weighted by Gasteiger charge is -2.10. The monoisotopic (exact) mass is 297 g/mol. The number of nitrogens with zero attached hydrogens (tertiary/aromatic N) is 3. The summed E-state index contributed by atoms with van der Waals surface area (Å²) in [4.78, 5) is 7.96. The fraction of sp³-hybridized carbons (Fsp3) is 0.364. The summed E-state index contributed by atoms with van der Waals surface area (Å²) in [5.74, 6) is 0.785. The van der Waals surface area contributed by atoms with Crippen molar-refractivity contribution in [3.8, 4) is 0 Å². The van der Waals surface area contributed by atoms with E-state index < -0.39 is 10.0 Å². The SMILES string of the molecule is CCNc1ncccc1S(=O)(=O)NCCc1ncon1. The molecule has 2 rings (SSSR count). The number of pyridine rings is 1. The van der Waals surface area contributed by atoms with E-state index in [2.05, 4.69) is 29.7 Å². The van der Waals surface area contributed by atoms with Gasteiger partial charge in [-0.25, -0.2) is 18.1 Å². The van der Waals surface area contributed by atoms with Gasteiger partial charge in [0.2, 0.25) is 16.4 Å². The van der Waals surface area contributed by atoms with E-state index in [4.69, 9.17) is 0 Å². The summed E-state index contributed by atoms with van der Waals surface area (Å²) >= 11 is 0. The fourth-order valence-electron chi connectivity index (χ4n) is 1.59. The molecule has 20 heavy (non-hydrogen) atoms. The van der Waals surface area contributed by atoms with Crippen LogP contribution < -0.4 is 10.0 Å². The van der Waals surface area contributed by atoms with E-state index in [1.807, 2.05) is 6.92 Å². The van der Waals surface area contributed by atoms with Gasteiger partial charge in [-0.15, -0.1) is 0 Å². The Bertz CT molecular complexity index is 642. The molecule has 0 saturated carbocycles. The van der Waals surface area contributed by atoms with Gasteiger partial charge in [0, 0.05) is 25.7 Å². The van der Waals surface area contributed by atoms with Crippen LogP contribution in [0.15, 0.2) is 34.1 Å². The third kappa shape index (κ3) is 3.52. The topological polar surface area (TPSA) is 110 Å². The van der Waals surface area contributed by atoms with Crippen molar-refractivity contribution in [1.82, 2.24) is 19.8 Å². The molecule has 0 atom stereocenters. The summed E-state index contributed by atoms with van der Waals surface area (Å²) in [6.07, 6.45) is 3.09. The largest absolute Gasteiger partial charge is 0.369 e. The predicted octanol–water partition coefficient (Wildman–Crippen LogP) is 0.417. The maximum atomic E-state index is 12.2. The van der Waals surface area contributed by atoms with Crippen LogP contribution in [0.3, 0.4) is 0 Å². The van der Waals surface area contributed by atoms with Crippen molar-refractivity contribution < 1.29 is 12.9 Å². The van der Waals surface area contributed by atoms with Crippen molar-refractivity contribution in [2.24, 2.45) is 0 Å². The molecule has 0 spiro atoms. The third-order valence-electron chi connectivity index (χ3n) is 2.45. The quantitative estimate of drug-likeness (QED) is 0.762. The molecular weight excluding hydrogens is 282 g/mol. The molecule has 0 saturated heterocycles. The molecule has 8 nitrogen and oxygen atoms in total. The number of hydrogen-bond donors (Lipinski definition) is 2. The van der Waals surface area contributed by atoms with E-state index in [0.717, 1.165) is 0 Å². The lowest BCUT2D eigenvalue weighted by Crippen LogP contribution is -2.27. The molecule has 0 amide bonds. The molecule has 2 heterocycles. The molecule has 2 aromatic heterocycles. The van der Waals surface area contributed by atoms with Crippen LogP contribution in [0.2, 0.25) is 0 Å². The molecule has 0 bridgehead atoms. The molecule has 0 radical (unpaired) electrons. The molecule has 9 heteroatoms. The highest BCUT2D eigenvalue weighted by atomic mass is 32.2. The Morgan fingerprint density at radius 1 is 1.35 bits per heavy atom. The van der Waals surface area contributed by atoms with Crippen LogP contribution >= 0.6 is 0 Å². The molecule has 0 aromatic carbocycles. The molecule has 0 aliphatic rings. The van der Waals surface area contributed by atoms with Gasteiger partial charge in [0.1, 0.15) is 10.7 Å². The summed E-state index contributed by atoms with van der Waals surface area (Å²) < 4.78 is 31.5. The Balaban J connectivity index is 2.06. The Hall–Kier alpha value is -2.00. The predicted molar refractivity (Wildman–Crippen MR) is 71.6 cm³/mol. The minimum atomic E-state index is -3.63. The average Bonchev–Trinajstić information content (AvgIpc) is 2.92. The summed E-state index contributed by atoms with van der Waals surface area (Å²) in [5, 5.41) is 6.53. The van der Waals surface area contributed by atoms with Gasteiger partial charge >= 0.3 is 0 Å². The number of sulfonamides is 1. The van der Waals surface area contributed by atoms with E-state index in [9.17, 15) is 8.42 Å². The maximum Gasteiger partial charge on any atom is 0.244 e. The first-order chi connectivity index (χ1) is 9.63. The average molecular weight is 297 g/mol. The van der Waals surface area contributed by atoms with Crippen LogP contribution in [0.5, 0.6) is 0 Å². The van der Waals surface area contributed by atoms with E-state index in [-0.39, 0.29) is 11.4 Å². The smallest absolute Gasteiger partial charge is 0.244 e. The van der Waals surface area contributed by atoms with Crippen molar-refractivity contribution in [2.45, 2.75) is 18.2 Å². The van der Waals surface area contributed by atoms with Gasteiger partial charge in [-0.2, -0.15) is 4.98 Å². The highest BCUT2D eigenvalue weighted by molar-refractivity contribution is 7.89. The van der Waals surface area contributed by atoms with Crippen molar-refractivity contribution in [3.63, 3.8) is 0 Å². The van der Waals surface area contributed by atoms with Crippen molar-refractivity contribution in [3.05, 3.63) is 30.5 Å². The van der Waals surface area contributed by atoms with Crippen molar-refractivity contribution >= 4 is 15.8 Å². The van der Waals surface area contributed by atoms with Crippen LogP contribution in [0.25, 0.3) is 0 Å². The number of anilines is 1. The normalized spacial score (nSPS) is 11.4. The summed E-state index contributed by atoms with van der Waals surface area (Å²) in [7, 11) is -3.63. The minimum Gasteiger partial charge on any atom is -0.369 e. The van der Waals surface area contributed by atoms with Crippen LogP contribution in [0, 0.1) is 0 Å². The zero-order chi connectivity index (χ0) is 14.4. The molecule has 0 aliphatic carbocycles. The molecule has 0 fully saturated rings. The van der Waals surface area contributed by atoms with Gasteiger partial charge in [0.05, 0.1) is 0 Å². The lowest BCUT2D eigenvalue weighted by atomic mass is 10.4. The third-order valence-corrected chi connectivity index (χ3v) is 3.94. The second-order valence-electron chi connectivity index (χ2n) is 3.88.